The normalized spacial score (nSPS) is 16.4. The summed E-state index contributed by atoms with van der Waals surface area (Å²) in [5, 5.41) is 3.09. The van der Waals surface area contributed by atoms with Crippen LogP contribution in [-0.4, -0.2) is 51.3 Å². The predicted molar refractivity (Wildman–Crippen MR) is 110 cm³/mol. The third-order valence-corrected chi connectivity index (χ3v) is 4.24. The molecule has 6 nitrogen and oxygen atoms in total. The Morgan fingerprint density at radius 2 is 2.00 bits per heavy atom. The molecule has 7 heteroatoms. The van der Waals surface area contributed by atoms with Gasteiger partial charge in [-0.2, -0.15) is 0 Å². The molecule has 0 bridgehead atoms. The maximum absolute atomic E-state index is 5.98. The third-order valence-electron chi connectivity index (χ3n) is 4.24. The Balaban J connectivity index is 0.00000288. The topological polar surface area (TPSA) is 72.1 Å². The Hall–Kier alpha value is -1.22. The standard InChI is InChI=1S/C17H28N4O2.HI/c1-13-6-9-21(10-7-13)11-8-19-17(18)20-15-12-14(22-2)4-5-16(15)23-3;/h4-5,12-13H,6-11H2,1-3H3,(H3,18,19,20);1H. The molecule has 1 aliphatic heterocycles. The lowest BCUT2D eigenvalue weighted by Gasteiger charge is -2.29. The first-order chi connectivity index (χ1) is 11.1. The van der Waals surface area contributed by atoms with E-state index < -0.39 is 0 Å². The molecule has 0 radical (unpaired) electrons. The van der Waals surface area contributed by atoms with Crippen LogP contribution < -0.4 is 20.5 Å². The maximum atomic E-state index is 5.98. The number of hydrogen-bond acceptors (Lipinski definition) is 4. The molecule has 1 heterocycles. The molecular formula is C17H29IN4O2. The van der Waals surface area contributed by atoms with Gasteiger partial charge in [0.2, 0.25) is 0 Å². The minimum atomic E-state index is 0. The molecule has 0 amide bonds. The molecule has 1 fully saturated rings. The van der Waals surface area contributed by atoms with Gasteiger partial charge in [0.1, 0.15) is 11.5 Å². The van der Waals surface area contributed by atoms with Crippen LogP contribution in [0, 0.1) is 5.92 Å². The molecule has 0 unspecified atom stereocenters. The average Bonchev–Trinajstić information content (AvgIpc) is 2.56. The van der Waals surface area contributed by atoms with Crippen molar-refractivity contribution in [2.24, 2.45) is 16.6 Å². The van der Waals surface area contributed by atoms with Gasteiger partial charge in [0.05, 0.1) is 26.5 Å². The van der Waals surface area contributed by atoms with E-state index in [4.69, 9.17) is 15.2 Å². The Morgan fingerprint density at radius 1 is 1.29 bits per heavy atom. The summed E-state index contributed by atoms with van der Waals surface area (Å²) < 4.78 is 10.5. The number of rotatable bonds is 6. The molecule has 0 aromatic heterocycles. The van der Waals surface area contributed by atoms with Gasteiger partial charge in [-0.05, 0) is 44.0 Å². The summed E-state index contributed by atoms with van der Waals surface area (Å²) in [6, 6.07) is 5.52. The Morgan fingerprint density at radius 3 is 2.62 bits per heavy atom. The van der Waals surface area contributed by atoms with Gasteiger partial charge in [0.15, 0.2) is 5.96 Å². The number of benzene rings is 1. The van der Waals surface area contributed by atoms with Gasteiger partial charge in [-0.25, -0.2) is 0 Å². The molecule has 136 valence electrons. The van der Waals surface area contributed by atoms with Crippen molar-refractivity contribution >= 4 is 35.6 Å². The summed E-state index contributed by atoms with van der Waals surface area (Å²) in [4.78, 5) is 6.86. The summed E-state index contributed by atoms with van der Waals surface area (Å²) in [7, 11) is 3.25. The van der Waals surface area contributed by atoms with Gasteiger partial charge in [-0.15, -0.1) is 24.0 Å². The van der Waals surface area contributed by atoms with E-state index in [9.17, 15) is 0 Å². The fraction of sp³-hybridized carbons (Fsp3) is 0.588. The highest BCUT2D eigenvalue weighted by atomic mass is 127. The molecule has 1 saturated heterocycles. The first kappa shape index (κ1) is 20.8. The van der Waals surface area contributed by atoms with E-state index in [-0.39, 0.29) is 24.0 Å². The van der Waals surface area contributed by atoms with Crippen LogP contribution in [0.4, 0.5) is 5.69 Å². The van der Waals surface area contributed by atoms with E-state index in [1.165, 1.54) is 12.8 Å². The lowest BCUT2D eigenvalue weighted by atomic mass is 9.99. The zero-order valence-corrected chi connectivity index (χ0v) is 17.1. The highest BCUT2D eigenvalue weighted by Crippen LogP contribution is 2.28. The molecule has 0 spiro atoms. The van der Waals surface area contributed by atoms with Crippen LogP contribution in [-0.2, 0) is 0 Å². The van der Waals surface area contributed by atoms with E-state index in [0.29, 0.717) is 18.3 Å². The van der Waals surface area contributed by atoms with Crippen LogP contribution in [0.5, 0.6) is 11.5 Å². The maximum Gasteiger partial charge on any atom is 0.193 e. The molecule has 0 atom stereocenters. The number of aliphatic imine (C=N–C) groups is 1. The fourth-order valence-electron chi connectivity index (χ4n) is 2.69. The Kier molecular flexibility index (Phi) is 9.20. The van der Waals surface area contributed by atoms with Crippen molar-refractivity contribution < 1.29 is 9.47 Å². The van der Waals surface area contributed by atoms with Crippen molar-refractivity contribution in [1.29, 1.82) is 0 Å². The van der Waals surface area contributed by atoms with Crippen molar-refractivity contribution in [2.45, 2.75) is 19.8 Å². The number of hydrogen-bond donors (Lipinski definition) is 2. The first-order valence-corrected chi connectivity index (χ1v) is 8.13. The van der Waals surface area contributed by atoms with Crippen LogP contribution in [0.1, 0.15) is 19.8 Å². The summed E-state index contributed by atoms with van der Waals surface area (Å²) in [5.41, 5.74) is 6.73. The highest BCUT2D eigenvalue weighted by Gasteiger charge is 2.14. The third kappa shape index (κ3) is 6.35. The second-order valence-corrected chi connectivity index (χ2v) is 5.98. The van der Waals surface area contributed by atoms with Gasteiger partial charge in [-0.1, -0.05) is 6.92 Å². The minimum absolute atomic E-state index is 0. The molecule has 24 heavy (non-hydrogen) atoms. The van der Waals surface area contributed by atoms with Crippen molar-refractivity contribution in [1.82, 2.24) is 4.90 Å². The molecule has 1 aliphatic rings. The summed E-state index contributed by atoms with van der Waals surface area (Å²) >= 11 is 0. The molecule has 2 rings (SSSR count). The van der Waals surface area contributed by atoms with Crippen LogP contribution in [0.2, 0.25) is 0 Å². The smallest absolute Gasteiger partial charge is 0.193 e. The van der Waals surface area contributed by atoms with E-state index in [1.54, 1.807) is 14.2 Å². The number of guanidine groups is 1. The van der Waals surface area contributed by atoms with Gasteiger partial charge >= 0.3 is 0 Å². The van der Waals surface area contributed by atoms with Crippen molar-refractivity contribution in [2.75, 3.05) is 45.7 Å². The highest BCUT2D eigenvalue weighted by molar-refractivity contribution is 14.0. The predicted octanol–water partition coefficient (Wildman–Crippen LogP) is 2.78. The van der Waals surface area contributed by atoms with Crippen LogP contribution >= 0.6 is 24.0 Å². The molecule has 3 N–H and O–H groups in total. The minimum Gasteiger partial charge on any atom is -0.497 e. The lowest BCUT2D eigenvalue weighted by Crippen LogP contribution is -2.35. The number of nitrogens with one attached hydrogen (secondary N) is 1. The van der Waals surface area contributed by atoms with Crippen LogP contribution in [0.15, 0.2) is 23.2 Å². The summed E-state index contributed by atoms with van der Waals surface area (Å²) in [5.74, 6) is 2.68. The van der Waals surface area contributed by atoms with E-state index in [2.05, 4.69) is 22.1 Å². The first-order valence-electron chi connectivity index (χ1n) is 8.13. The van der Waals surface area contributed by atoms with Crippen LogP contribution in [0.3, 0.4) is 0 Å². The summed E-state index contributed by atoms with van der Waals surface area (Å²) in [6.07, 6.45) is 2.55. The number of ether oxygens (including phenoxy) is 2. The van der Waals surface area contributed by atoms with E-state index in [1.807, 2.05) is 18.2 Å². The Bertz CT molecular complexity index is 531. The van der Waals surface area contributed by atoms with Gasteiger partial charge in [-0.3, -0.25) is 4.99 Å². The number of methoxy groups -OCH3 is 2. The van der Waals surface area contributed by atoms with Crippen LogP contribution in [0.25, 0.3) is 0 Å². The van der Waals surface area contributed by atoms with Crippen molar-refractivity contribution in [3.8, 4) is 11.5 Å². The lowest BCUT2D eigenvalue weighted by molar-refractivity contribution is 0.197. The fourth-order valence-corrected chi connectivity index (χ4v) is 2.69. The zero-order valence-electron chi connectivity index (χ0n) is 14.7. The van der Waals surface area contributed by atoms with E-state index in [0.717, 1.165) is 37.0 Å². The van der Waals surface area contributed by atoms with Crippen molar-refractivity contribution in [3.05, 3.63) is 18.2 Å². The quantitative estimate of drug-likeness (QED) is 0.398. The second kappa shape index (κ2) is 10.6. The van der Waals surface area contributed by atoms with E-state index >= 15 is 0 Å². The average molecular weight is 448 g/mol. The molecular weight excluding hydrogens is 419 g/mol. The van der Waals surface area contributed by atoms with Gasteiger partial charge in [0.25, 0.3) is 0 Å². The summed E-state index contributed by atoms with van der Waals surface area (Å²) in [6.45, 7) is 6.28. The Labute approximate surface area is 161 Å². The number of nitrogens with zero attached hydrogens (tertiary/aromatic N) is 2. The monoisotopic (exact) mass is 448 g/mol. The zero-order chi connectivity index (χ0) is 16.7. The number of likely N-dealkylation sites (tertiary alicyclic amines) is 1. The molecule has 1 aromatic rings. The number of anilines is 1. The molecule has 0 aliphatic carbocycles. The van der Waals surface area contributed by atoms with Gasteiger partial charge in [0, 0.05) is 12.6 Å². The van der Waals surface area contributed by atoms with Gasteiger partial charge < -0.3 is 25.4 Å². The number of nitrogens with two attached hydrogens (primary N) is 1. The second-order valence-electron chi connectivity index (χ2n) is 5.98. The number of piperidine rings is 1. The molecule has 0 saturated carbocycles. The molecule has 1 aromatic carbocycles. The largest absolute Gasteiger partial charge is 0.497 e. The number of halogens is 1. The SMILES string of the molecule is COc1ccc(OC)c(NC(N)=NCCN2CCC(C)CC2)c1.I. The van der Waals surface area contributed by atoms with Crippen molar-refractivity contribution in [3.63, 3.8) is 0 Å².